The summed E-state index contributed by atoms with van der Waals surface area (Å²) in [5.74, 6) is 0.351. The van der Waals surface area contributed by atoms with Crippen molar-refractivity contribution < 1.29 is 23.5 Å². The number of anilines is 2. The Morgan fingerprint density at radius 3 is 2.56 bits per heavy atom. The minimum Gasteiger partial charge on any atom is -0.453 e. The molecule has 3 fully saturated rings. The number of imidazole rings is 1. The third kappa shape index (κ3) is 6.00. The van der Waals surface area contributed by atoms with E-state index in [1.807, 2.05) is 12.1 Å². The molecule has 0 unspecified atom stereocenters. The first-order valence-corrected chi connectivity index (χ1v) is 15.4. The highest BCUT2D eigenvalue weighted by atomic mass is 19.1. The first kappa shape index (κ1) is 29.2. The molecule has 11 heteroatoms. The number of benzene rings is 2. The normalized spacial score (nSPS) is 21.4. The van der Waals surface area contributed by atoms with Crippen LogP contribution in [0.4, 0.5) is 20.6 Å². The largest absolute Gasteiger partial charge is 0.453 e. The van der Waals surface area contributed by atoms with Gasteiger partial charge in [-0.3, -0.25) is 4.79 Å². The van der Waals surface area contributed by atoms with Gasteiger partial charge in [0.25, 0.3) is 0 Å². The molecule has 3 aliphatic rings. The second-order valence-corrected chi connectivity index (χ2v) is 11.8. The molecule has 230 valence electrons. The molecule has 3 aliphatic heterocycles. The van der Waals surface area contributed by atoms with Crippen molar-refractivity contribution in [2.45, 2.75) is 63.1 Å². The number of hydrogen-bond donors (Lipinski definition) is 2. The van der Waals surface area contributed by atoms with Crippen molar-refractivity contribution in [2.75, 3.05) is 56.8 Å². The third-order valence-electron chi connectivity index (χ3n) is 9.08. The number of aromatic amines is 1. The Morgan fingerprint density at radius 2 is 1.79 bits per heavy atom. The van der Waals surface area contributed by atoms with Gasteiger partial charge in [0.2, 0.25) is 5.91 Å². The zero-order chi connectivity index (χ0) is 29.9. The number of fused-ring (bicyclic) bond motifs is 1. The van der Waals surface area contributed by atoms with E-state index in [1.54, 1.807) is 11.0 Å². The Bertz CT molecular complexity index is 1460. The molecule has 0 radical (unpaired) electrons. The van der Waals surface area contributed by atoms with Gasteiger partial charge in [0.1, 0.15) is 17.7 Å². The van der Waals surface area contributed by atoms with Crippen LogP contribution in [-0.2, 0) is 14.3 Å². The Kier molecular flexibility index (Phi) is 8.69. The minimum absolute atomic E-state index is 0.0451. The molecule has 0 spiro atoms. The molecular weight excluding hydrogens is 551 g/mol. The zero-order valence-corrected chi connectivity index (χ0v) is 25.0. The van der Waals surface area contributed by atoms with Gasteiger partial charge in [-0.05, 0) is 80.8 Å². The van der Waals surface area contributed by atoms with Crippen molar-refractivity contribution in [3.63, 3.8) is 0 Å². The lowest BCUT2D eigenvalue weighted by Crippen LogP contribution is -2.50. The second-order valence-electron chi connectivity index (χ2n) is 11.8. The van der Waals surface area contributed by atoms with E-state index in [0.717, 1.165) is 86.3 Å². The van der Waals surface area contributed by atoms with Crippen LogP contribution in [0, 0.1) is 5.82 Å². The summed E-state index contributed by atoms with van der Waals surface area (Å²) in [4.78, 5) is 39.9. The average molecular weight is 593 g/mol. The van der Waals surface area contributed by atoms with Crippen LogP contribution in [0.2, 0.25) is 0 Å². The molecule has 3 saturated heterocycles. The van der Waals surface area contributed by atoms with E-state index >= 15 is 4.39 Å². The van der Waals surface area contributed by atoms with Crippen LogP contribution in [0.5, 0.6) is 0 Å². The topological polar surface area (TPSA) is 103 Å². The lowest BCUT2D eigenvalue weighted by atomic mass is 10.0. The Hall–Kier alpha value is -3.86. The fraction of sp³-hybridized carbons (Fsp3) is 0.531. The lowest BCUT2D eigenvalue weighted by Gasteiger charge is -2.31. The van der Waals surface area contributed by atoms with Crippen molar-refractivity contribution in [3.05, 3.63) is 53.6 Å². The van der Waals surface area contributed by atoms with Crippen LogP contribution in [0.3, 0.4) is 0 Å². The van der Waals surface area contributed by atoms with E-state index in [9.17, 15) is 9.59 Å². The standard InChI is InChI=1S/C32H41FN6O4/c1-42-20-26(36-32(41)43-2)31(40)39-17-7-9-29(39)30-34-24-12-10-21(18-25(24)35-30)27-8-6-16-38(27)22-11-13-28(23(33)19-22)37-14-4-3-5-15-37/h10-13,18-19,26-27,29H,3-9,14-17,20H2,1-2H3,(H,34,35)(H,36,41)/t26-,27-,29-/m0/s1. The van der Waals surface area contributed by atoms with Gasteiger partial charge >= 0.3 is 6.09 Å². The number of rotatable bonds is 8. The molecule has 0 bridgehead atoms. The van der Waals surface area contributed by atoms with E-state index in [1.165, 1.54) is 20.6 Å². The molecular formula is C32H41FN6O4. The van der Waals surface area contributed by atoms with E-state index in [4.69, 9.17) is 14.5 Å². The smallest absolute Gasteiger partial charge is 0.407 e. The molecule has 10 nitrogen and oxygen atoms in total. The van der Waals surface area contributed by atoms with Gasteiger partial charge < -0.3 is 34.5 Å². The van der Waals surface area contributed by atoms with E-state index in [-0.39, 0.29) is 30.4 Å². The van der Waals surface area contributed by atoms with Gasteiger partial charge in [-0.2, -0.15) is 0 Å². The average Bonchev–Trinajstić information content (AvgIpc) is 3.80. The van der Waals surface area contributed by atoms with Crippen molar-refractivity contribution in [1.29, 1.82) is 0 Å². The molecule has 4 heterocycles. The number of piperidine rings is 1. The monoisotopic (exact) mass is 592 g/mol. The fourth-order valence-corrected chi connectivity index (χ4v) is 6.95. The van der Waals surface area contributed by atoms with Crippen molar-refractivity contribution in [1.82, 2.24) is 20.2 Å². The summed E-state index contributed by atoms with van der Waals surface area (Å²) in [7, 11) is 2.75. The van der Waals surface area contributed by atoms with Crippen molar-refractivity contribution >= 4 is 34.4 Å². The fourth-order valence-electron chi connectivity index (χ4n) is 6.95. The van der Waals surface area contributed by atoms with Gasteiger partial charge in [0, 0.05) is 39.0 Å². The number of halogens is 1. The maximum atomic E-state index is 15.3. The molecule has 43 heavy (non-hydrogen) atoms. The number of carbonyl (C=O) groups is 2. The highest BCUT2D eigenvalue weighted by Crippen LogP contribution is 2.39. The summed E-state index contributed by atoms with van der Waals surface area (Å²) in [6.07, 6.45) is 6.39. The number of methoxy groups -OCH3 is 2. The van der Waals surface area contributed by atoms with Gasteiger partial charge in [-0.15, -0.1) is 0 Å². The van der Waals surface area contributed by atoms with Gasteiger partial charge in [-0.25, -0.2) is 14.2 Å². The number of nitrogens with one attached hydrogen (secondary N) is 2. The number of hydrogen-bond acceptors (Lipinski definition) is 7. The summed E-state index contributed by atoms with van der Waals surface area (Å²) >= 11 is 0. The number of carbonyl (C=O) groups excluding carboxylic acids is 2. The number of ether oxygens (including phenoxy) is 2. The maximum absolute atomic E-state index is 15.3. The summed E-state index contributed by atoms with van der Waals surface area (Å²) in [5.41, 5.74) is 4.51. The Labute approximate surface area is 251 Å². The summed E-state index contributed by atoms with van der Waals surface area (Å²) in [6, 6.07) is 11.1. The molecule has 3 aromatic rings. The van der Waals surface area contributed by atoms with Crippen LogP contribution in [0.1, 0.15) is 68.4 Å². The number of H-pyrrole nitrogens is 1. The first-order valence-electron chi connectivity index (χ1n) is 15.4. The molecule has 2 N–H and O–H groups in total. The quantitative estimate of drug-likeness (QED) is 0.377. The molecule has 1 aromatic heterocycles. The first-order chi connectivity index (χ1) is 21.0. The van der Waals surface area contributed by atoms with E-state index < -0.39 is 12.1 Å². The highest BCUT2D eigenvalue weighted by Gasteiger charge is 2.37. The van der Waals surface area contributed by atoms with Crippen LogP contribution in [-0.4, -0.2) is 79.9 Å². The van der Waals surface area contributed by atoms with Crippen molar-refractivity contribution in [2.24, 2.45) is 0 Å². The third-order valence-corrected chi connectivity index (χ3v) is 9.08. The van der Waals surface area contributed by atoms with Crippen molar-refractivity contribution in [3.8, 4) is 0 Å². The zero-order valence-electron chi connectivity index (χ0n) is 25.0. The predicted molar refractivity (Wildman–Crippen MR) is 163 cm³/mol. The Balaban J connectivity index is 1.21. The minimum atomic E-state index is -0.846. The summed E-state index contributed by atoms with van der Waals surface area (Å²) < 4.78 is 25.2. The number of aromatic nitrogens is 2. The van der Waals surface area contributed by atoms with Crippen LogP contribution in [0.15, 0.2) is 36.4 Å². The molecule has 0 saturated carbocycles. The highest BCUT2D eigenvalue weighted by molar-refractivity contribution is 5.86. The molecule has 3 atom stereocenters. The van der Waals surface area contributed by atoms with Gasteiger partial charge in [0.05, 0.1) is 42.5 Å². The van der Waals surface area contributed by atoms with E-state index in [2.05, 4.69) is 38.3 Å². The lowest BCUT2D eigenvalue weighted by molar-refractivity contribution is -0.135. The molecule has 6 rings (SSSR count). The van der Waals surface area contributed by atoms with Crippen LogP contribution < -0.4 is 15.1 Å². The van der Waals surface area contributed by atoms with Gasteiger partial charge in [-0.1, -0.05) is 6.07 Å². The summed E-state index contributed by atoms with van der Waals surface area (Å²) in [5, 5.41) is 2.58. The summed E-state index contributed by atoms with van der Waals surface area (Å²) in [6.45, 7) is 3.32. The number of alkyl carbamates (subject to hydrolysis) is 1. The van der Waals surface area contributed by atoms with Gasteiger partial charge in [0.15, 0.2) is 0 Å². The van der Waals surface area contributed by atoms with E-state index in [0.29, 0.717) is 12.2 Å². The molecule has 2 amide bonds. The van der Waals surface area contributed by atoms with Crippen LogP contribution >= 0.6 is 0 Å². The SMILES string of the molecule is COC[C@H](NC(=O)OC)C(=O)N1CCC[C@H]1c1nc2cc([C@@H]3CCCN3c3ccc(N4CCCCC4)c(F)c3)ccc2[nH]1. The van der Waals surface area contributed by atoms with Crippen LogP contribution in [0.25, 0.3) is 11.0 Å². The number of amides is 2. The maximum Gasteiger partial charge on any atom is 0.407 e. The number of nitrogens with zero attached hydrogens (tertiary/aromatic N) is 4. The Morgan fingerprint density at radius 1 is 1.00 bits per heavy atom. The molecule has 0 aliphatic carbocycles. The second kappa shape index (κ2) is 12.8. The number of likely N-dealkylation sites (tertiary alicyclic amines) is 1. The molecule has 2 aromatic carbocycles. The predicted octanol–water partition coefficient (Wildman–Crippen LogP) is 5.07.